The van der Waals surface area contributed by atoms with Gasteiger partial charge in [0.1, 0.15) is 11.7 Å². The molecule has 164 valence electrons. The first-order valence-corrected chi connectivity index (χ1v) is 11.3. The number of carbonyl (C=O) groups excluding carboxylic acids is 2. The summed E-state index contributed by atoms with van der Waals surface area (Å²) >= 11 is 5.71. The monoisotopic (exact) mass is 466 g/mol. The molecule has 0 unspecified atom stereocenters. The molecule has 0 aromatic heterocycles. The van der Waals surface area contributed by atoms with E-state index >= 15 is 0 Å². The van der Waals surface area contributed by atoms with Crippen LogP contribution in [0.4, 0.5) is 9.18 Å². The van der Waals surface area contributed by atoms with Crippen LogP contribution in [0.25, 0.3) is 0 Å². The van der Waals surface area contributed by atoms with Gasteiger partial charge in [0.25, 0.3) is 0 Å². The predicted octanol–water partition coefficient (Wildman–Crippen LogP) is 3.64. The molecule has 1 aliphatic rings. The summed E-state index contributed by atoms with van der Waals surface area (Å²) in [5, 5.41) is 5.46. The van der Waals surface area contributed by atoms with Gasteiger partial charge >= 0.3 is 12.0 Å². The van der Waals surface area contributed by atoms with Gasteiger partial charge in [-0.15, -0.1) is 0 Å². The zero-order chi connectivity index (χ0) is 22.8. The summed E-state index contributed by atoms with van der Waals surface area (Å²) in [7, 11) is -4.18. The molecule has 2 aromatic carbocycles. The Kier molecular flexibility index (Phi) is 6.66. The normalized spacial score (nSPS) is 20.1. The maximum atomic E-state index is 13.4. The topological polar surface area (TPSA) is 102 Å². The molecule has 2 N–H and O–H groups in total. The maximum absolute atomic E-state index is 13.4. The maximum Gasteiger partial charge on any atom is 0.319 e. The number of ether oxygens (including phenoxy) is 1. The molecule has 7 nitrogen and oxygen atoms in total. The predicted molar refractivity (Wildman–Crippen MR) is 112 cm³/mol. The minimum absolute atomic E-state index is 0.0670. The Morgan fingerprint density at radius 2 is 1.90 bits per heavy atom. The van der Waals surface area contributed by atoms with E-state index < -0.39 is 39.6 Å². The number of amides is 2. The lowest BCUT2D eigenvalue weighted by molar-refractivity contribution is -0.147. The lowest BCUT2D eigenvalue weighted by Crippen LogP contribution is -2.51. The lowest BCUT2D eigenvalue weighted by Gasteiger charge is -2.33. The number of aryl methyl sites for hydroxylation is 1. The van der Waals surface area contributed by atoms with Gasteiger partial charge in [-0.3, -0.25) is 4.79 Å². The first kappa shape index (κ1) is 22.8. The third-order valence-corrected chi connectivity index (χ3v) is 6.46. The van der Waals surface area contributed by atoms with Crippen molar-refractivity contribution in [1.29, 1.82) is 0 Å². The minimum atomic E-state index is -4.18. The fourth-order valence-electron chi connectivity index (χ4n) is 3.19. The van der Waals surface area contributed by atoms with Crippen molar-refractivity contribution in [2.45, 2.75) is 24.8 Å². The molecule has 0 spiro atoms. The molecule has 0 aliphatic carbocycles. The van der Waals surface area contributed by atoms with Crippen LogP contribution in [-0.4, -0.2) is 27.0 Å². The number of sulfone groups is 1. The number of rotatable bonds is 5. The van der Waals surface area contributed by atoms with Crippen molar-refractivity contribution in [2.24, 2.45) is 5.92 Å². The van der Waals surface area contributed by atoms with E-state index in [1.807, 2.05) is 19.1 Å². The Morgan fingerprint density at radius 1 is 1.23 bits per heavy atom. The summed E-state index contributed by atoms with van der Waals surface area (Å²) in [5.41, 5.74) is 1.42. The summed E-state index contributed by atoms with van der Waals surface area (Å²) in [4.78, 5) is 24.8. The van der Waals surface area contributed by atoms with Gasteiger partial charge in [-0.05, 0) is 37.6 Å². The highest BCUT2D eigenvalue weighted by Gasteiger charge is 2.40. The van der Waals surface area contributed by atoms with Gasteiger partial charge in [0.15, 0.2) is 0 Å². The molecule has 2 amide bonds. The molecular formula is C21H20ClFN2O5S. The Hall–Kier alpha value is -2.91. The Morgan fingerprint density at radius 3 is 2.52 bits per heavy atom. The smallest absolute Gasteiger partial charge is 0.319 e. The average molecular weight is 467 g/mol. The summed E-state index contributed by atoms with van der Waals surface area (Å²) < 4.78 is 44.4. The number of esters is 1. The molecule has 2 aromatic rings. The second-order valence-corrected chi connectivity index (χ2v) is 9.11. The van der Waals surface area contributed by atoms with E-state index in [1.54, 1.807) is 19.1 Å². The molecule has 0 radical (unpaired) electrons. The third kappa shape index (κ3) is 5.05. The van der Waals surface area contributed by atoms with Crippen LogP contribution in [0.1, 0.15) is 24.1 Å². The van der Waals surface area contributed by atoms with E-state index in [9.17, 15) is 22.4 Å². The SMILES string of the molecule is CCOC(=O)[C@@H]1/C(=C\S(=O)(=O)c2ccc(F)c(Cl)c2)NC(=O)N[C@@H]1c1ccc(C)cc1. The van der Waals surface area contributed by atoms with E-state index in [0.717, 1.165) is 29.2 Å². The standard InChI is InChI=1S/C21H20ClFN2O5S/c1-3-30-20(26)18-17(11-31(28,29)14-8-9-16(23)15(22)10-14)24-21(27)25-19(18)13-6-4-12(2)5-7-13/h4-11,18-19H,3H2,1-2H3,(H2,24,25,27)/b17-11+/t18-,19-/m1/s1. The zero-order valence-corrected chi connectivity index (χ0v) is 18.3. The molecule has 1 heterocycles. The van der Waals surface area contributed by atoms with Crippen LogP contribution >= 0.6 is 11.6 Å². The summed E-state index contributed by atoms with van der Waals surface area (Å²) in [6.45, 7) is 3.57. The van der Waals surface area contributed by atoms with Gasteiger partial charge in [0.2, 0.25) is 9.84 Å². The fourth-order valence-corrected chi connectivity index (χ4v) is 4.65. The Labute approximate surface area is 184 Å². The number of carbonyl (C=O) groups is 2. The molecular weight excluding hydrogens is 447 g/mol. The van der Waals surface area contributed by atoms with Crippen LogP contribution < -0.4 is 10.6 Å². The van der Waals surface area contributed by atoms with E-state index in [1.165, 1.54) is 0 Å². The average Bonchev–Trinajstić information content (AvgIpc) is 2.70. The molecule has 1 fully saturated rings. The first-order valence-electron chi connectivity index (χ1n) is 9.35. The van der Waals surface area contributed by atoms with Crippen molar-refractivity contribution in [1.82, 2.24) is 10.6 Å². The van der Waals surface area contributed by atoms with Crippen LogP contribution in [0.5, 0.6) is 0 Å². The highest BCUT2D eigenvalue weighted by atomic mass is 35.5. The fraction of sp³-hybridized carbons (Fsp3) is 0.238. The quantitative estimate of drug-likeness (QED) is 0.517. The van der Waals surface area contributed by atoms with E-state index in [-0.39, 0.29) is 22.2 Å². The largest absolute Gasteiger partial charge is 0.465 e. The second kappa shape index (κ2) is 9.07. The summed E-state index contributed by atoms with van der Waals surface area (Å²) in [5.74, 6) is -2.63. The van der Waals surface area contributed by atoms with E-state index in [0.29, 0.717) is 5.56 Å². The minimum Gasteiger partial charge on any atom is -0.465 e. The van der Waals surface area contributed by atoms with Gasteiger partial charge in [-0.1, -0.05) is 41.4 Å². The second-order valence-electron chi connectivity index (χ2n) is 6.91. The molecule has 10 heteroatoms. The Balaban J connectivity index is 2.10. The number of urea groups is 1. The van der Waals surface area contributed by atoms with Crippen LogP contribution in [0.2, 0.25) is 5.02 Å². The van der Waals surface area contributed by atoms with Gasteiger partial charge in [-0.25, -0.2) is 17.6 Å². The van der Waals surface area contributed by atoms with Crippen LogP contribution in [0.15, 0.2) is 58.5 Å². The number of halogens is 2. The zero-order valence-electron chi connectivity index (χ0n) is 16.7. The van der Waals surface area contributed by atoms with Crippen molar-refractivity contribution in [3.05, 3.63) is 75.5 Å². The third-order valence-electron chi connectivity index (χ3n) is 4.69. The van der Waals surface area contributed by atoms with Crippen LogP contribution in [0, 0.1) is 18.7 Å². The van der Waals surface area contributed by atoms with Gasteiger partial charge in [0, 0.05) is 5.70 Å². The van der Waals surface area contributed by atoms with Crippen molar-refractivity contribution in [3.8, 4) is 0 Å². The molecule has 31 heavy (non-hydrogen) atoms. The highest BCUT2D eigenvalue weighted by Crippen LogP contribution is 2.33. The number of hydrogen-bond acceptors (Lipinski definition) is 5. The van der Waals surface area contributed by atoms with E-state index in [2.05, 4.69) is 10.6 Å². The van der Waals surface area contributed by atoms with Gasteiger partial charge in [-0.2, -0.15) is 0 Å². The highest BCUT2D eigenvalue weighted by molar-refractivity contribution is 7.94. The molecule has 1 saturated heterocycles. The number of nitrogens with one attached hydrogen (secondary N) is 2. The van der Waals surface area contributed by atoms with Crippen LogP contribution in [-0.2, 0) is 19.4 Å². The van der Waals surface area contributed by atoms with Crippen molar-refractivity contribution < 1.29 is 27.1 Å². The summed E-state index contributed by atoms with van der Waals surface area (Å²) in [6.07, 6.45) is 0. The van der Waals surface area contributed by atoms with Crippen molar-refractivity contribution in [2.75, 3.05) is 6.61 Å². The van der Waals surface area contributed by atoms with Gasteiger partial charge in [0.05, 0.1) is 28.0 Å². The molecule has 3 rings (SSSR count). The lowest BCUT2D eigenvalue weighted by atomic mass is 9.88. The van der Waals surface area contributed by atoms with Crippen molar-refractivity contribution in [3.63, 3.8) is 0 Å². The van der Waals surface area contributed by atoms with Crippen molar-refractivity contribution >= 4 is 33.4 Å². The Bertz CT molecular complexity index is 1150. The van der Waals surface area contributed by atoms with E-state index in [4.69, 9.17) is 16.3 Å². The first-order chi connectivity index (χ1) is 14.6. The number of hydrogen-bond donors (Lipinski definition) is 2. The van der Waals surface area contributed by atoms with Crippen LogP contribution in [0.3, 0.4) is 0 Å². The molecule has 1 aliphatic heterocycles. The summed E-state index contributed by atoms with van der Waals surface area (Å²) in [6, 6.07) is 8.51. The molecule has 0 saturated carbocycles. The molecule has 2 atom stereocenters. The molecule has 0 bridgehead atoms. The number of benzene rings is 2. The van der Waals surface area contributed by atoms with Gasteiger partial charge < -0.3 is 15.4 Å².